The van der Waals surface area contributed by atoms with E-state index >= 15 is 0 Å². The molecule has 12 nitrogen and oxygen atoms in total. The van der Waals surface area contributed by atoms with Crippen LogP contribution in [-0.2, 0) is 24.1 Å². The lowest BCUT2D eigenvalue weighted by molar-refractivity contribution is -0.137. The molecule has 3 aromatic heterocycles. The number of rotatable bonds is 12. The SMILES string of the molecule is COc1ccc(CNc2nccc3c2c(-c2ccc(C(=O)Nc4cc(C(F)(F)F)ccn4)cc2)nn3C2CCCC(NC(=O)OCc3ccccc3)C2)c(OC)c1. The molecule has 15 heteroatoms. The summed E-state index contributed by atoms with van der Waals surface area (Å²) in [5, 5.41) is 14.9. The Hall–Kier alpha value is -6.64. The zero-order chi connectivity index (χ0) is 39.9. The molecule has 0 spiro atoms. The van der Waals surface area contributed by atoms with Crippen molar-refractivity contribution in [2.45, 2.75) is 57.1 Å². The smallest absolute Gasteiger partial charge is 0.416 e. The molecule has 2 unspecified atom stereocenters. The van der Waals surface area contributed by atoms with Gasteiger partial charge in [-0.05, 0) is 73.7 Å². The largest absolute Gasteiger partial charge is 0.497 e. The number of ether oxygens (including phenoxy) is 3. The van der Waals surface area contributed by atoms with E-state index in [1.165, 1.54) is 0 Å². The number of hydrogen-bond acceptors (Lipinski definition) is 9. The molecule has 1 fully saturated rings. The van der Waals surface area contributed by atoms with Crippen LogP contribution in [0.15, 0.2) is 103 Å². The van der Waals surface area contributed by atoms with Crippen LogP contribution in [0.3, 0.4) is 0 Å². The number of hydrogen-bond donors (Lipinski definition) is 3. The first kappa shape index (κ1) is 38.6. The van der Waals surface area contributed by atoms with Crippen molar-refractivity contribution in [2.75, 3.05) is 24.9 Å². The first-order valence-corrected chi connectivity index (χ1v) is 18.3. The zero-order valence-electron chi connectivity index (χ0n) is 31.2. The summed E-state index contributed by atoms with van der Waals surface area (Å²) in [5.74, 6) is 1.03. The zero-order valence-corrected chi connectivity index (χ0v) is 31.2. The number of aromatic nitrogens is 4. The molecule has 3 N–H and O–H groups in total. The third-order valence-corrected chi connectivity index (χ3v) is 9.84. The highest BCUT2D eigenvalue weighted by Gasteiger charge is 2.31. The van der Waals surface area contributed by atoms with E-state index in [4.69, 9.17) is 24.3 Å². The van der Waals surface area contributed by atoms with E-state index in [0.29, 0.717) is 41.5 Å². The minimum atomic E-state index is -4.58. The highest BCUT2D eigenvalue weighted by atomic mass is 19.4. The van der Waals surface area contributed by atoms with Crippen LogP contribution in [0.2, 0.25) is 0 Å². The van der Waals surface area contributed by atoms with E-state index in [9.17, 15) is 22.8 Å². The van der Waals surface area contributed by atoms with Gasteiger partial charge in [-0.3, -0.25) is 9.48 Å². The molecule has 0 bridgehead atoms. The van der Waals surface area contributed by atoms with Gasteiger partial charge in [-0.1, -0.05) is 42.5 Å². The summed E-state index contributed by atoms with van der Waals surface area (Å²) < 4.78 is 58.2. The Labute approximate surface area is 326 Å². The summed E-state index contributed by atoms with van der Waals surface area (Å²) in [7, 11) is 3.18. The van der Waals surface area contributed by atoms with Gasteiger partial charge in [0, 0.05) is 47.7 Å². The number of fused-ring (bicyclic) bond motifs is 1. The topological polar surface area (TPSA) is 142 Å². The van der Waals surface area contributed by atoms with Crippen molar-refractivity contribution < 1.29 is 37.0 Å². The van der Waals surface area contributed by atoms with E-state index < -0.39 is 23.7 Å². The Kier molecular flexibility index (Phi) is 11.5. The van der Waals surface area contributed by atoms with Crippen LogP contribution in [0.5, 0.6) is 11.5 Å². The van der Waals surface area contributed by atoms with Crippen LogP contribution < -0.4 is 25.4 Å². The number of methoxy groups -OCH3 is 2. The lowest BCUT2D eigenvalue weighted by Crippen LogP contribution is -2.39. The average Bonchev–Trinajstić information content (AvgIpc) is 3.63. The van der Waals surface area contributed by atoms with Gasteiger partial charge in [0.1, 0.15) is 35.4 Å². The third kappa shape index (κ3) is 9.09. The molecule has 6 aromatic rings. The molecule has 0 aliphatic heterocycles. The third-order valence-electron chi connectivity index (χ3n) is 9.84. The number of nitrogens with zero attached hydrogens (tertiary/aromatic N) is 4. The van der Waals surface area contributed by atoms with Gasteiger partial charge in [0.2, 0.25) is 0 Å². The number of nitrogens with one attached hydrogen (secondary N) is 3. The molecular formula is C42H40F3N7O5. The van der Waals surface area contributed by atoms with Crippen LogP contribution in [0.1, 0.15) is 58.8 Å². The highest BCUT2D eigenvalue weighted by molar-refractivity contribution is 6.05. The molecular weight excluding hydrogens is 739 g/mol. The molecule has 3 heterocycles. The van der Waals surface area contributed by atoms with Gasteiger partial charge in [0.15, 0.2) is 0 Å². The summed E-state index contributed by atoms with van der Waals surface area (Å²) in [4.78, 5) is 34.5. The fourth-order valence-corrected chi connectivity index (χ4v) is 6.97. The van der Waals surface area contributed by atoms with Crippen LogP contribution in [0.25, 0.3) is 22.2 Å². The number of anilines is 2. The Morgan fingerprint density at radius 2 is 1.68 bits per heavy atom. The van der Waals surface area contributed by atoms with Crippen molar-refractivity contribution in [1.29, 1.82) is 0 Å². The van der Waals surface area contributed by atoms with Gasteiger partial charge >= 0.3 is 12.3 Å². The highest BCUT2D eigenvalue weighted by Crippen LogP contribution is 2.38. The van der Waals surface area contributed by atoms with Crippen molar-refractivity contribution in [2.24, 2.45) is 0 Å². The van der Waals surface area contributed by atoms with Crippen molar-refractivity contribution >= 4 is 34.5 Å². The first-order chi connectivity index (χ1) is 27.6. The van der Waals surface area contributed by atoms with Gasteiger partial charge in [0.25, 0.3) is 5.91 Å². The van der Waals surface area contributed by atoms with Crippen LogP contribution >= 0.6 is 0 Å². The number of pyridine rings is 2. The minimum Gasteiger partial charge on any atom is -0.497 e. The number of alkyl carbamates (subject to hydrolysis) is 1. The van der Waals surface area contributed by atoms with Crippen LogP contribution in [0, 0.1) is 0 Å². The van der Waals surface area contributed by atoms with Gasteiger partial charge in [-0.2, -0.15) is 18.3 Å². The van der Waals surface area contributed by atoms with E-state index in [2.05, 4.69) is 20.9 Å². The van der Waals surface area contributed by atoms with Crippen molar-refractivity contribution in [3.63, 3.8) is 0 Å². The number of amides is 2. The summed E-state index contributed by atoms with van der Waals surface area (Å²) in [6.07, 6.45) is 0.736. The van der Waals surface area contributed by atoms with Gasteiger partial charge in [-0.25, -0.2) is 14.8 Å². The number of carbonyl (C=O) groups excluding carboxylic acids is 2. The molecule has 294 valence electrons. The molecule has 1 aliphatic rings. The molecule has 3 aromatic carbocycles. The first-order valence-electron chi connectivity index (χ1n) is 18.3. The molecule has 7 rings (SSSR count). The maximum absolute atomic E-state index is 13.3. The molecule has 1 aliphatic carbocycles. The van der Waals surface area contributed by atoms with Crippen LogP contribution in [-0.4, -0.2) is 52.0 Å². The van der Waals surface area contributed by atoms with E-state index in [-0.39, 0.29) is 30.1 Å². The molecule has 2 amide bonds. The Morgan fingerprint density at radius 3 is 2.44 bits per heavy atom. The van der Waals surface area contributed by atoms with Crippen molar-refractivity contribution in [1.82, 2.24) is 25.1 Å². The monoisotopic (exact) mass is 779 g/mol. The summed E-state index contributed by atoms with van der Waals surface area (Å²) in [6.45, 7) is 0.539. The van der Waals surface area contributed by atoms with Crippen molar-refractivity contribution in [3.05, 3.63) is 126 Å². The fraction of sp³-hybridized carbons (Fsp3) is 0.262. The van der Waals surface area contributed by atoms with E-state index in [1.807, 2.05) is 53.2 Å². The van der Waals surface area contributed by atoms with Crippen LogP contribution in [0.4, 0.5) is 29.6 Å². The summed E-state index contributed by atoms with van der Waals surface area (Å²) in [6, 6.07) is 25.0. The normalized spacial score (nSPS) is 15.5. The quantitative estimate of drug-likeness (QED) is 0.111. The Balaban J connectivity index is 1.17. The second-order valence-electron chi connectivity index (χ2n) is 13.6. The fourth-order valence-electron chi connectivity index (χ4n) is 6.97. The molecule has 57 heavy (non-hydrogen) atoms. The predicted octanol–water partition coefficient (Wildman–Crippen LogP) is 8.80. The lowest BCUT2D eigenvalue weighted by Gasteiger charge is -2.30. The minimum absolute atomic E-state index is 0.0728. The number of benzene rings is 3. The number of carbonyl (C=O) groups is 2. The Morgan fingerprint density at radius 1 is 0.895 bits per heavy atom. The maximum atomic E-state index is 13.3. The maximum Gasteiger partial charge on any atom is 0.416 e. The van der Waals surface area contributed by atoms with Gasteiger partial charge in [0.05, 0.1) is 36.7 Å². The summed E-state index contributed by atoms with van der Waals surface area (Å²) in [5.41, 5.74) is 3.17. The standard InChI is InChI=1S/C42H40F3N7O5/c1-55-33-16-15-29(35(23-33)56-2)24-48-39-37-34(18-20-47-39)52(32-10-6-9-31(22-32)49-41(54)57-25-26-7-4-3-5-8-26)51-38(37)27-11-13-28(14-12-27)40(53)50-36-21-30(17-19-46-36)42(43,44)45/h3-5,7-8,11-21,23,31-32H,6,9-10,22,24-25H2,1-2H3,(H,47,48)(H,49,54)(H,46,50,53). The summed E-state index contributed by atoms with van der Waals surface area (Å²) >= 11 is 0. The van der Waals surface area contributed by atoms with Gasteiger partial charge in [-0.15, -0.1) is 0 Å². The molecule has 0 radical (unpaired) electrons. The number of alkyl halides is 3. The van der Waals surface area contributed by atoms with Gasteiger partial charge < -0.3 is 30.2 Å². The lowest BCUT2D eigenvalue weighted by atomic mass is 9.91. The second-order valence-corrected chi connectivity index (χ2v) is 13.6. The number of halogens is 3. The van der Waals surface area contributed by atoms with Crippen molar-refractivity contribution in [3.8, 4) is 22.8 Å². The molecule has 0 saturated heterocycles. The Bertz CT molecular complexity index is 2350. The van der Waals surface area contributed by atoms with E-state index in [0.717, 1.165) is 59.6 Å². The predicted molar refractivity (Wildman–Crippen MR) is 208 cm³/mol. The molecule has 2 atom stereocenters. The average molecular weight is 780 g/mol. The second kappa shape index (κ2) is 17.0. The van der Waals surface area contributed by atoms with E-state index in [1.54, 1.807) is 50.7 Å². The molecule has 1 saturated carbocycles.